The van der Waals surface area contributed by atoms with E-state index >= 15 is 0 Å². The van der Waals surface area contributed by atoms with Gasteiger partial charge in [-0.05, 0) is 35.9 Å². The Balaban J connectivity index is 1.49. The molecule has 0 saturated carbocycles. The minimum Gasteiger partial charge on any atom is -0.328 e. The Labute approximate surface area is 175 Å². The van der Waals surface area contributed by atoms with Gasteiger partial charge in [-0.25, -0.2) is 4.68 Å². The maximum atomic E-state index is 12.7. The number of ketones is 1. The lowest BCUT2D eigenvalue weighted by molar-refractivity contribution is -0.116. The van der Waals surface area contributed by atoms with Crippen LogP contribution in [0.5, 0.6) is 0 Å². The monoisotopic (exact) mass is 428 g/mol. The number of carbonyl (C=O) groups is 1. The van der Waals surface area contributed by atoms with Crippen molar-refractivity contribution >= 4 is 46.4 Å². The first-order chi connectivity index (χ1) is 13.7. The zero-order chi connectivity index (χ0) is 19.1. The number of rotatable bonds is 4. The van der Waals surface area contributed by atoms with E-state index in [1.807, 2.05) is 40.4 Å². The first-order valence-corrected chi connectivity index (χ1v) is 11.3. The molecule has 1 atom stereocenters. The molecule has 3 aromatic rings. The number of halogens is 1. The molecule has 2 aliphatic rings. The molecule has 0 radical (unpaired) electrons. The fourth-order valence-electron chi connectivity index (χ4n) is 3.67. The van der Waals surface area contributed by atoms with Crippen molar-refractivity contribution in [2.24, 2.45) is 0 Å². The number of nitrogens with one attached hydrogen (secondary N) is 1. The summed E-state index contributed by atoms with van der Waals surface area (Å²) >= 11 is 9.46. The van der Waals surface area contributed by atoms with Crippen molar-refractivity contribution in [1.82, 2.24) is 14.8 Å². The first-order valence-electron chi connectivity index (χ1n) is 9.10. The number of thioether (sulfide) groups is 1. The number of fused-ring (bicyclic) bond motifs is 1. The third kappa shape index (κ3) is 3.17. The maximum Gasteiger partial charge on any atom is 0.227 e. The molecule has 1 aromatic carbocycles. The average molecular weight is 429 g/mol. The Morgan fingerprint density at radius 3 is 2.96 bits per heavy atom. The van der Waals surface area contributed by atoms with Crippen molar-refractivity contribution in [2.75, 3.05) is 5.32 Å². The molecule has 0 unspecified atom stereocenters. The van der Waals surface area contributed by atoms with Crippen molar-refractivity contribution in [1.29, 1.82) is 0 Å². The summed E-state index contributed by atoms with van der Waals surface area (Å²) in [4.78, 5) is 18.5. The van der Waals surface area contributed by atoms with Gasteiger partial charge in [-0.15, -0.1) is 16.4 Å². The molecule has 142 valence electrons. The van der Waals surface area contributed by atoms with Crippen LogP contribution in [0.2, 0.25) is 5.02 Å². The fourth-order valence-corrected chi connectivity index (χ4v) is 5.60. The summed E-state index contributed by atoms with van der Waals surface area (Å²) < 4.78 is 1.86. The number of anilines is 1. The lowest BCUT2D eigenvalue weighted by Gasteiger charge is -2.31. The molecular formula is C20H17ClN4OS2. The average Bonchev–Trinajstić information content (AvgIpc) is 3.35. The van der Waals surface area contributed by atoms with Gasteiger partial charge in [0.15, 0.2) is 5.78 Å². The molecule has 28 heavy (non-hydrogen) atoms. The van der Waals surface area contributed by atoms with E-state index in [1.54, 1.807) is 23.1 Å². The molecule has 1 aliphatic carbocycles. The highest BCUT2D eigenvalue weighted by atomic mass is 35.5. The Morgan fingerprint density at radius 1 is 1.25 bits per heavy atom. The number of aromatic nitrogens is 3. The summed E-state index contributed by atoms with van der Waals surface area (Å²) in [6.07, 6.45) is 2.35. The molecule has 1 N–H and O–H groups in total. The number of nitrogens with zero attached hydrogens (tertiary/aromatic N) is 3. The van der Waals surface area contributed by atoms with Crippen molar-refractivity contribution in [3.8, 4) is 0 Å². The van der Waals surface area contributed by atoms with E-state index in [0.717, 1.165) is 39.6 Å². The lowest BCUT2D eigenvalue weighted by Crippen LogP contribution is -2.31. The maximum absolute atomic E-state index is 12.7. The van der Waals surface area contributed by atoms with Crippen molar-refractivity contribution in [3.05, 3.63) is 68.5 Å². The van der Waals surface area contributed by atoms with Gasteiger partial charge in [0.25, 0.3) is 0 Å². The summed E-state index contributed by atoms with van der Waals surface area (Å²) in [6.45, 7) is 0. The van der Waals surface area contributed by atoms with Crippen molar-refractivity contribution in [2.45, 2.75) is 36.2 Å². The summed E-state index contributed by atoms with van der Waals surface area (Å²) in [5, 5.41) is 11.6. The minimum absolute atomic E-state index is 0.193. The molecule has 2 aromatic heterocycles. The van der Waals surface area contributed by atoms with Gasteiger partial charge in [-0.3, -0.25) is 4.79 Å². The van der Waals surface area contributed by atoms with Crippen LogP contribution in [0.1, 0.15) is 35.7 Å². The van der Waals surface area contributed by atoms with Crippen LogP contribution < -0.4 is 5.32 Å². The molecule has 0 amide bonds. The number of allylic oxidation sites excluding steroid dienone is 2. The van der Waals surface area contributed by atoms with Crippen molar-refractivity contribution < 1.29 is 4.79 Å². The lowest BCUT2D eigenvalue weighted by atomic mass is 9.88. The van der Waals surface area contributed by atoms with Crippen molar-refractivity contribution in [3.63, 3.8) is 0 Å². The van der Waals surface area contributed by atoms with Gasteiger partial charge in [0, 0.05) is 33.3 Å². The van der Waals surface area contributed by atoms with Crippen LogP contribution in [0, 0.1) is 0 Å². The number of benzene rings is 1. The van der Waals surface area contributed by atoms with Crippen LogP contribution in [0.25, 0.3) is 0 Å². The van der Waals surface area contributed by atoms with Gasteiger partial charge in [-0.1, -0.05) is 47.6 Å². The van der Waals surface area contributed by atoms with Gasteiger partial charge in [0.1, 0.15) is 6.04 Å². The van der Waals surface area contributed by atoms with E-state index < -0.39 is 0 Å². The number of thiophene rings is 1. The molecule has 0 spiro atoms. The Bertz CT molecular complexity index is 1070. The van der Waals surface area contributed by atoms with E-state index in [4.69, 9.17) is 21.7 Å². The van der Waals surface area contributed by atoms with Crippen LogP contribution in [-0.4, -0.2) is 20.5 Å². The third-order valence-electron chi connectivity index (χ3n) is 4.98. The predicted octanol–water partition coefficient (Wildman–Crippen LogP) is 5.31. The van der Waals surface area contributed by atoms with Crippen LogP contribution in [0.4, 0.5) is 5.95 Å². The number of hydrogen-bond acceptors (Lipinski definition) is 6. The van der Waals surface area contributed by atoms with Crippen LogP contribution in [0.3, 0.4) is 0 Å². The molecule has 0 saturated heterocycles. The zero-order valence-corrected chi connectivity index (χ0v) is 17.3. The highest BCUT2D eigenvalue weighted by molar-refractivity contribution is 7.98. The SMILES string of the molecule is O=C1CCCC2=C1[C@@H](c1cccs1)n1nc(SCc3ccccc3Cl)nc1N2. The van der Waals surface area contributed by atoms with Gasteiger partial charge < -0.3 is 5.32 Å². The molecule has 3 heterocycles. The zero-order valence-electron chi connectivity index (χ0n) is 14.9. The molecule has 5 nitrogen and oxygen atoms in total. The van der Waals surface area contributed by atoms with Gasteiger partial charge in [0.2, 0.25) is 11.1 Å². The van der Waals surface area contributed by atoms with E-state index in [0.29, 0.717) is 23.3 Å². The Morgan fingerprint density at radius 2 is 2.14 bits per heavy atom. The van der Waals surface area contributed by atoms with E-state index in [2.05, 4.69) is 11.4 Å². The molecule has 0 fully saturated rings. The molecule has 0 bridgehead atoms. The molecular weight excluding hydrogens is 412 g/mol. The summed E-state index contributed by atoms with van der Waals surface area (Å²) in [5.41, 5.74) is 2.89. The van der Waals surface area contributed by atoms with Crippen LogP contribution in [0.15, 0.2) is 58.2 Å². The molecule has 8 heteroatoms. The fraction of sp³-hybridized carbons (Fsp3) is 0.250. The predicted molar refractivity (Wildman–Crippen MR) is 113 cm³/mol. The topological polar surface area (TPSA) is 59.8 Å². The highest BCUT2D eigenvalue weighted by Gasteiger charge is 2.37. The standard InChI is InChI=1S/C20H17ClN4OS2/c21-13-6-2-1-5-12(13)11-28-20-23-19-22-14-7-3-8-15(26)17(14)18(25(19)24-20)16-9-4-10-27-16/h1-2,4-6,9-10,18H,3,7-8,11H2,(H,22,23,24)/t18-/m1/s1. The number of hydrogen-bond donors (Lipinski definition) is 1. The van der Waals surface area contributed by atoms with Gasteiger partial charge in [-0.2, -0.15) is 4.98 Å². The van der Waals surface area contributed by atoms with E-state index in [9.17, 15) is 4.79 Å². The molecule has 1 aliphatic heterocycles. The van der Waals surface area contributed by atoms with Crippen LogP contribution in [-0.2, 0) is 10.5 Å². The highest BCUT2D eigenvalue weighted by Crippen LogP contribution is 2.42. The second-order valence-corrected chi connectivity index (χ2v) is 9.08. The summed E-state index contributed by atoms with van der Waals surface area (Å²) in [7, 11) is 0. The number of carbonyl (C=O) groups excluding carboxylic acids is 1. The molecule has 5 rings (SSSR count). The quantitative estimate of drug-likeness (QED) is 0.571. The second kappa shape index (κ2) is 7.39. The summed E-state index contributed by atoms with van der Waals surface area (Å²) in [6, 6.07) is 11.7. The largest absolute Gasteiger partial charge is 0.328 e. The van der Waals surface area contributed by atoms with E-state index in [1.165, 1.54) is 0 Å². The van der Waals surface area contributed by atoms with E-state index in [-0.39, 0.29) is 11.8 Å². The minimum atomic E-state index is -0.193. The van der Waals surface area contributed by atoms with Gasteiger partial charge >= 0.3 is 0 Å². The Hall–Kier alpha value is -2.09. The third-order valence-corrected chi connectivity index (χ3v) is 7.16. The Kier molecular flexibility index (Phi) is 4.74. The second-order valence-electron chi connectivity index (χ2n) is 6.75. The van der Waals surface area contributed by atoms with Gasteiger partial charge in [0.05, 0.1) is 0 Å². The number of Topliss-reactive ketones (excluding diaryl/α,β-unsaturated/α-hetero) is 1. The normalized spacial score (nSPS) is 18.6. The summed E-state index contributed by atoms with van der Waals surface area (Å²) in [5.74, 6) is 1.60. The first kappa shape index (κ1) is 18.0. The smallest absolute Gasteiger partial charge is 0.227 e. The van der Waals surface area contributed by atoms with Crippen LogP contribution >= 0.6 is 34.7 Å².